The fraction of sp³-hybridized carbons (Fsp3) is 0.333. The molecule has 2 aliphatic rings. The van der Waals surface area contributed by atoms with Crippen molar-refractivity contribution in [3.63, 3.8) is 0 Å². The van der Waals surface area contributed by atoms with Crippen LogP contribution in [0, 0.1) is 5.92 Å². The number of anilines is 2. The molecule has 178 valence electrons. The zero-order chi connectivity index (χ0) is 23.8. The quantitative estimate of drug-likeness (QED) is 0.401. The summed E-state index contributed by atoms with van der Waals surface area (Å²) in [6.07, 6.45) is 8.47. The average Bonchev–Trinajstić information content (AvgIpc) is 3.68. The Morgan fingerprint density at radius 1 is 1.03 bits per heavy atom. The summed E-state index contributed by atoms with van der Waals surface area (Å²) in [6, 6.07) is 14.2. The molecule has 4 aromatic rings. The molecule has 1 atom stereocenters. The molecule has 8 heteroatoms. The molecular formula is C27H28N6O2. The van der Waals surface area contributed by atoms with Gasteiger partial charge in [0, 0.05) is 53.9 Å². The van der Waals surface area contributed by atoms with Crippen molar-refractivity contribution in [2.45, 2.75) is 38.3 Å². The molecule has 0 radical (unpaired) electrons. The molecule has 1 saturated carbocycles. The van der Waals surface area contributed by atoms with Crippen LogP contribution in [0.15, 0.2) is 54.9 Å². The molecule has 1 aromatic carbocycles. The van der Waals surface area contributed by atoms with Crippen molar-refractivity contribution in [1.82, 2.24) is 19.7 Å². The number of pyridine rings is 2. The van der Waals surface area contributed by atoms with Crippen LogP contribution in [0.5, 0.6) is 0 Å². The highest BCUT2D eigenvalue weighted by atomic mass is 16.5. The fourth-order valence-electron chi connectivity index (χ4n) is 4.66. The van der Waals surface area contributed by atoms with E-state index in [-0.39, 0.29) is 18.1 Å². The molecule has 1 saturated heterocycles. The van der Waals surface area contributed by atoms with Crippen LogP contribution in [0.1, 0.15) is 38.3 Å². The van der Waals surface area contributed by atoms with E-state index in [2.05, 4.69) is 38.8 Å². The molecule has 1 amide bonds. The topological polar surface area (TPSA) is 94.0 Å². The van der Waals surface area contributed by atoms with E-state index in [1.54, 1.807) is 6.20 Å². The van der Waals surface area contributed by atoms with E-state index in [1.807, 2.05) is 42.2 Å². The van der Waals surface area contributed by atoms with E-state index in [0.717, 1.165) is 77.8 Å². The monoisotopic (exact) mass is 468 g/mol. The molecule has 3 aromatic heterocycles. The molecule has 6 rings (SSSR count). The second-order valence-electron chi connectivity index (χ2n) is 9.20. The van der Waals surface area contributed by atoms with Crippen LogP contribution in [-0.2, 0) is 9.53 Å². The Balaban J connectivity index is 1.51. The number of fused-ring (bicyclic) bond motifs is 1. The molecule has 2 N–H and O–H groups in total. The third kappa shape index (κ3) is 4.25. The minimum Gasteiger partial charge on any atom is -0.373 e. The summed E-state index contributed by atoms with van der Waals surface area (Å²) in [5.74, 6) is 1.43. The lowest BCUT2D eigenvalue weighted by molar-refractivity contribution is -0.117. The van der Waals surface area contributed by atoms with Crippen LogP contribution < -0.4 is 10.6 Å². The first-order valence-electron chi connectivity index (χ1n) is 12.3. The van der Waals surface area contributed by atoms with Crippen molar-refractivity contribution < 1.29 is 9.53 Å². The maximum Gasteiger partial charge on any atom is 0.228 e. The maximum absolute atomic E-state index is 12.4. The molecule has 1 aliphatic carbocycles. The third-order valence-corrected chi connectivity index (χ3v) is 6.72. The van der Waals surface area contributed by atoms with Gasteiger partial charge in [-0.2, -0.15) is 5.10 Å². The predicted molar refractivity (Wildman–Crippen MR) is 136 cm³/mol. The Hall–Kier alpha value is -3.78. The second kappa shape index (κ2) is 9.11. The number of nitrogens with one attached hydrogen (secondary N) is 2. The predicted octanol–water partition coefficient (Wildman–Crippen LogP) is 5.25. The number of carbonyl (C=O) groups is 1. The summed E-state index contributed by atoms with van der Waals surface area (Å²) in [5.41, 5.74) is 3.79. The van der Waals surface area contributed by atoms with Crippen LogP contribution in [0.2, 0.25) is 0 Å². The van der Waals surface area contributed by atoms with Crippen molar-refractivity contribution in [3.8, 4) is 22.5 Å². The normalized spacial score (nSPS) is 17.9. The van der Waals surface area contributed by atoms with E-state index >= 15 is 0 Å². The summed E-state index contributed by atoms with van der Waals surface area (Å²) >= 11 is 0. The van der Waals surface area contributed by atoms with Gasteiger partial charge in [-0.1, -0.05) is 30.3 Å². The number of benzene rings is 1. The maximum atomic E-state index is 12.4. The summed E-state index contributed by atoms with van der Waals surface area (Å²) in [6.45, 7) is 0.726. The number of hydrogen-bond acceptors (Lipinski definition) is 6. The van der Waals surface area contributed by atoms with Gasteiger partial charge in [-0.05, 0) is 44.2 Å². The van der Waals surface area contributed by atoms with Gasteiger partial charge < -0.3 is 15.4 Å². The fourth-order valence-corrected chi connectivity index (χ4v) is 4.66. The highest BCUT2D eigenvalue weighted by Gasteiger charge is 2.30. The van der Waals surface area contributed by atoms with Crippen LogP contribution in [0.3, 0.4) is 0 Å². The number of amides is 1. The lowest BCUT2D eigenvalue weighted by Gasteiger charge is -2.25. The summed E-state index contributed by atoms with van der Waals surface area (Å²) < 4.78 is 8.14. The number of hydrogen-bond donors (Lipinski definition) is 2. The Morgan fingerprint density at radius 2 is 1.89 bits per heavy atom. The largest absolute Gasteiger partial charge is 0.373 e. The van der Waals surface area contributed by atoms with Gasteiger partial charge >= 0.3 is 0 Å². The number of ether oxygens (including phenoxy) is 1. The second-order valence-corrected chi connectivity index (χ2v) is 9.20. The van der Waals surface area contributed by atoms with Crippen molar-refractivity contribution in [2.24, 2.45) is 5.92 Å². The minimum absolute atomic E-state index is 0.0355. The lowest BCUT2D eigenvalue weighted by atomic mass is 10.0. The van der Waals surface area contributed by atoms with Crippen LogP contribution in [0.25, 0.3) is 33.3 Å². The van der Waals surface area contributed by atoms with Crippen molar-refractivity contribution in [2.75, 3.05) is 24.3 Å². The summed E-state index contributed by atoms with van der Waals surface area (Å²) in [7, 11) is 1.85. The molecule has 35 heavy (non-hydrogen) atoms. The highest BCUT2D eigenvalue weighted by Crippen LogP contribution is 2.38. The van der Waals surface area contributed by atoms with Crippen molar-refractivity contribution in [3.05, 3.63) is 54.9 Å². The lowest BCUT2D eigenvalue weighted by Crippen LogP contribution is -2.20. The zero-order valence-electron chi connectivity index (χ0n) is 19.7. The van der Waals surface area contributed by atoms with Gasteiger partial charge in [0.15, 0.2) is 6.23 Å². The first-order chi connectivity index (χ1) is 17.2. The molecule has 1 aliphatic heterocycles. The molecule has 2 fully saturated rings. The molecule has 0 bridgehead atoms. The van der Waals surface area contributed by atoms with E-state index in [4.69, 9.17) is 9.84 Å². The van der Waals surface area contributed by atoms with E-state index < -0.39 is 0 Å². The molecule has 8 nitrogen and oxygen atoms in total. The first-order valence-corrected chi connectivity index (χ1v) is 12.3. The standard InChI is InChI=1S/C27H28N6O2/c1-28-26-21-16-29-24(31-27(34)18-10-11-18)13-19(21)20(15-30-26)23-14-22(17-7-3-2-4-8-17)32-33(23)25-9-5-6-12-35-25/h2-4,7-8,13-16,18,25H,5-6,9-12H2,1H3,(H,28,30)(H,29,31,34). The molecule has 4 heterocycles. The number of rotatable bonds is 6. The van der Waals surface area contributed by atoms with Crippen molar-refractivity contribution in [1.29, 1.82) is 0 Å². The molecule has 1 unspecified atom stereocenters. The van der Waals surface area contributed by atoms with Gasteiger partial charge in [-0.15, -0.1) is 0 Å². The Bertz CT molecular complexity index is 1370. The summed E-state index contributed by atoms with van der Waals surface area (Å²) in [4.78, 5) is 21.6. The number of aromatic nitrogens is 4. The molecular weight excluding hydrogens is 440 g/mol. The van der Waals surface area contributed by atoms with E-state index in [9.17, 15) is 4.79 Å². The van der Waals surface area contributed by atoms with E-state index in [0.29, 0.717) is 5.82 Å². The van der Waals surface area contributed by atoms with Crippen LogP contribution >= 0.6 is 0 Å². The highest BCUT2D eigenvalue weighted by molar-refractivity contribution is 6.03. The Kier molecular flexibility index (Phi) is 5.66. The van der Waals surface area contributed by atoms with Gasteiger partial charge in [0.2, 0.25) is 5.91 Å². The van der Waals surface area contributed by atoms with Crippen molar-refractivity contribution >= 4 is 28.3 Å². The Morgan fingerprint density at radius 3 is 2.63 bits per heavy atom. The number of carbonyl (C=O) groups excluding carboxylic acids is 1. The SMILES string of the molecule is CNc1ncc(-c2cc(-c3ccccc3)nn2C2CCCCO2)c2cc(NC(=O)C3CC3)ncc12. The minimum atomic E-state index is -0.133. The van der Waals surface area contributed by atoms with Crippen LogP contribution in [-0.4, -0.2) is 39.3 Å². The van der Waals surface area contributed by atoms with Gasteiger partial charge in [0.05, 0.1) is 11.4 Å². The zero-order valence-corrected chi connectivity index (χ0v) is 19.7. The average molecular weight is 469 g/mol. The van der Waals surface area contributed by atoms with Gasteiger partial charge in [-0.25, -0.2) is 14.6 Å². The first kappa shape index (κ1) is 21.7. The van der Waals surface area contributed by atoms with Crippen LogP contribution in [0.4, 0.5) is 11.6 Å². The molecule has 0 spiro atoms. The third-order valence-electron chi connectivity index (χ3n) is 6.72. The van der Waals surface area contributed by atoms with Gasteiger partial charge in [0.25, 0.3) is 0 Å². The van der Waals surface area contributed by atoms with Gasteiger partial charge in [0.1, 0.15) is 11.6 Å². The van der Waals surface area contributed by atoms with Gasteiger partial charge in [-0.3, -0.25) is 4.79 Å². The van der Waals surface area contributed by atoms with E-state index in [1.165, 1.54) is 0 Å². The smallest absolute Gasteiger partial charge is 0.228 e. The number of nitrogens with zero attached hydrogens (tertiary/aromatic N) is 4. The Labute approximate surface area is 203 Å². The summed E-state index contributed by atoms with van der Waals surface area (Å²) in [5, 5.41) is 13.0.